The molecule has 1 aromatic rings. The minimum atomic E-state index is -0.502. The molecule has 1 unspecified atom stereocenters. The first-order chi connectivity index (χ1) is 11.0. The third-order valence-corrected chi connectivity index (χ3v) is 3.17. The molecule has 1 amide bonds. The second-order valence-electron chi connectivity index (χ2n) is 4.82. The summed E-state index contributed by atoms with van der Waals surface area (Å²) in [5.41, 5.74) is 3.60. The quantitative estimate of drug-likeness (QED) is 0.433. The fourth-order valence-corrected chi connectivity index (χ4v) is 1.69. The van der Waals surface area contributed by atoms with Gasteiger partial charge in [0.05, 0.1) is 31.9 Å². The number of hydrogen-bond acceptors (Lipinski definition) is 6. The number of amides is 1. The lowest BCUT2D eigenvalue weighted by atomic mass is 10.1. The number of benzene rings is 1. The molecule has 1 aromatic carbocycles. The number of carbonyl (C=O) groups is 2. The molecule has 0 aliphatic carbocycles. The minimum Gasteiger partial charge on any atom is -0.495 e. The van der Waals surface area contributed by atoms with Crippen LogP contribution >= 0.6 is 0 Å². The van der Waals surface area contributed by atoms with E-state index < -0.39 is 5.92 Å². The van der Waals surface area contributed by atoms with Crippen molar-refractivity contribution >= 4 is 23.3 Å². The Morgan fingerprint density at radius 3 is 2.65 bits per heavy atom. The molecule has 126 valence electrons. The smallest absolute Gasteiger partial charge is 0.314 e. The molecule has 0 fully saturated rings. The molecule has 0 aliphatic heterocycles. The van der Waals surface area contributed by atoms with Crippen molar-refractivity contribution in [3.8, 4) is 5.75 Å². The summed E-state index contributed by atoms with van der Waals surface area (Å²) < 4.78 is 10.1. The number of rotatable bonds is 8. The first kappa shape index (κ1) is 18.5. The number of ether oxygens (including phenoxy) is 2. The van der Waals surface area contributed by atoms with Crippen molar-refractivity contribution in [3.05, 3.63) is 24.3 Å². The van der Waals surface area contributed by atoms with Crippen LogP contribution in [0.15, 0.2) is 29.4 Å². The average Bonchev–Trinajstić information content (AvgIpc) is 2.57. The summed E-state index contributed by atoms with van der Waals surface area (Å²) in [6.45, 7) is 5.42. The number of hydrogen-bond donors (Lipinski definition) is 2. The van der Waals surface area contributed by atoms with Gasteiger partial charge in [-0.3, -0.25) is 9.59 Å². The summed E-state index contributed by atoms with van der Waals surface area (Å²) in [5, 5.41) is 6.89. The molecular formula is C16H23N3O4. The molecule has 1 rings (SSSR count). The van der Waals surface area contributed by atoms with Crippen LogP contribution in [-0.2, 0) is 14.3 Å². The van der Waals surface area contributed by atoms with Crippen molar-refractivity contribution in [2.75, 3.05) is 25.6 Å². The van der Waals surface area contributed by atoms with Gasteiger partial charge >= 0.3 is 5.97 Å². The highest BCUT2D eigenvalue weighted by Gasteiger charge is 2.17. The zero-order valence-corrected chi connectivity index (χ0v) is 13.9. The Morgan fingerprint density at radius 2 is 2.00 bits per heavy atom. The largest absolute Gasteiger partial charge is 0.495 e. The van der Waals surface area contributed by atoms with Crippen LogP contribution in [0.3, 0.4) is 0 Å². The normalized spacial score (nSPS) is 12.3. The predicted molar refractivity (Wildman–Crippen MR) is 88.5 cm³/mol. The molecule has 0 saturated carbocycles. The maximum absolute atomic E-state index is 11.8. The van der Waals surface area contributed by atoms with E-state index in [9.17, 15) is 9.59 Å². The topological polar surface area (TPSA) is 89.0 Å². The Morgan fingerprint density at radius 1 is 1.30 bits per heavy atom. The predicted octanol–water partition coefficient (Wildman–Crippen LogP) is 1.80. The van der Waals surface area contributed by atoms with E-state index in [0.29, 0.717) is 23.8 Å². The summed E-state index contributed by atoms with van der Waals surface area (Å²) in [6, 6.07) is 7.29. The molecule has 0 saturated heterocycles. The van der Waals surface area contributed by atoms with Gasteiger partial charge in [0.25, 0.3) is 5.91 Å². The Bertz CT molecular complexity index is 572. The lowest BCUT2D eigenvalue weighted by molar-refractivity contribution is -0.145. The van der Waals surface area contributed by atoms with Crippen LogP contribution in [0.5, 0.6) is 5.75 Å². The molecule has 7 nitrogen and oxygen atoms in total. The first-order valence-electron chi connectivity index (χ1n) is 7.36. The molecule has 0 radical (unpaired) electrons. The second kappa shape index (κ2) is 9.45. The highest BCUT2D eigenvalue weighted by molar-refractivity contribution is 6.00. The Labute approximate surface area is 136 Å². The lowest BCUT2D eigenvalue weighted by Crippen LogP contribution is -2.29. The maximum Gasteiger partial charge on any atom is 0.314 e. The number of hydrazone groups is 1. The SMILES string of the molecule is CCOC(=O)C(C)/C(C)=N/NC(=O)CNc1ccccc1OC. The molecule has 0 aromatic heterocycles. The van der Waals surface area contributed by atoms with E-state index in [1.165, 1.54) is 0 Å². The van der Waals surface area contributed by atoms with Crippen LogP contribution in [-0.4, -0.2) is 37.8 Å². The van der Waals surface area contributed by atoms with Gasteiger partial charge < -0.3 is 14.8 Å². The van der Waals surface area contributed by atoms with Gasteiger partial charge in [0, 0.05) is 5.71 Å². The van der Waals surface area contributed by atoms with Crippen molar-refractivity contribution in [1.82, 2.24) is 5.43 Å². The number of carbonyl (C=O) groups excluding carboxylic acids is 2. The van der Waals surface area contributed by atoms with E-state index in [-0.39, 0.29) is 18.4 Å². The highest BCUT2D eigenvalue weighted by atomic mass is 16.5. The molecule has 0 bridgehead atoms. The Kier molecular flexibility index (Phi) is 7.59. The number of esters is 1. The zero-order chi connectivity index (χ0) is 17.2. The third kappa shape index (κ3) is 5.98. The van der Waals surface area contributed by atoms with Gasteiger partial charge in [-0.05, 0) is 32.9 Å². The van der Waals surface area contributed by atoms with Crippen molar-refractivity contribution < 1.29 is 19.1 Å². The van der Waals surface area contributed by atoms with Crippen LogP contribution < -0.4 is 15.5 Å². The summed E-state index contributed by atoms with van der Waals surface area (Å²) in [6.07, 6.45) is 0. The molecule has 23 heavy (non-hydrogen) atoms. The molecule has 0 heterocycles. The van der Waals surface area contributed by atoms with Crippen LogP contribution in [0.25, 0.3) is 0 Å². The van der Waals surface area contributed by atoms with E-state index in [0.717, 1.165) is 0 Å². The van der Waals surface area contributed by atoms with Crippen LogP contribution in [0.4, 0.5) is 5.69 Å². The number of nitrogens with zero attached hydrogens (tertiary/aromatic N) is 1. The van der Waals surface area contributed by atoms with Gasteiger partial charge in [0.1, 0.15) is 5.75 Å². The zero-order valence-electron chi connectivity index (χ0n) is 13.9. The maximum atomic E-state index is 11.8. The van der Waals surface area contributed by atoms with E-state index in [1.54, 1.807) is 33.9 Å². The average molecular weight is 321 g/mol. The van der Waals surface area contributed by atoms with Gasteiger partial charge in [-0.2, -0.15) is 5.10 Å². The third-order valence-electron chi connectivity index (χ3n) is 3.17. The number of nitrogens with one attached hydrogen (secondary N) is 2. The van der Waals surface area contributed by atoms with Crippen LogP contribution in [0, 0.1) is 5.92 Å². The number of para-hydroxylation sites is 2. The van der Waals surface area contributed by atoms with Crippen molar-refractivity contribution in [2.45, 2.75) is 20.8 Å². The molecule has 7 heteroatoms. The minimum absolute atomic E-state index is 0.0327. The van der Waals surface area contributed by atoms with Gasteiger partial charge in [-0.25, -0.2) is 5.43 Å². The van der Waals surface area contributed by atoms with Crippen molar-refractivity contribution in [3.63, 3.8) is 0 Å². The van der Waals surface area contributed by atoms with Crippen LogP contribution in [0.2, 0.25) is 0 Å². The van der Waals surface area contributed by atoms with Crippen molar-refractivity contribution in [1.29, 1.82) is 0 Å². The standard InChI is InChI=1S/C16H23N3O4/c1-5-23-16(21)11(2)12(3)18-19-15(20)10-17-13-8-6-7-9-14(13)22-4/h6-9,11,17H,5,10H2,1-4H3,(H,19,20)/b18-12+. The van der Waals surface area contributed by atoms with Gasteiger partial charge in [0.15, 0.2) is 0 Å². The van der Waals surface area contributed by atoms with E-state index in [4.69, 9.17) is 9.47 Å². The number of anilines is 1. The summed E-state index contributed by atoms with van der Waals surface area (Å²) in [5.74, 6) is -0.546. The summed E-state index contributed by atoms with van der Waals surface area (Å²) >= 11 is 0. The van der Waals surface area contributed by atoms with Crippen molar-refractivity contribution in [2.24, 2.45) is 11.0 Å². The second-order valence-corrected chi connectivity index (χ2v) is 4.82. The Balaban J connectivity index is 2.50. The Hall–Kier alpha value is -2.57. The highest BCUT2D eigenvalue weighted by Crippen LogP contribution is 2.22. The fraction of sp³-hybridized carbons (Fsp3) is 0.438. The van der Waals surface area contributed by atoms with E-state index >= 15 is 0 Å². The van der Waals surface area contributed by atoms with E-state index in [2.05, 4.69) is 15.8 Å². The molecule has 2 N–H and O–H groups in total. The van der Waals surface area contributed by atoms with Gasteiger partial charge in [0.2, 0.25) is 0 Å². The van der Waals surface area contributed by atoms with Crippen LogP contribution in [0.1, 0.15) is 20.8 Å². The number of methoxy groups -OCH3 is 1. The molecule has 1 atom stereocenters. The first-order valence-corrected chi connectivity index (χ1v) is 7.36. The molecule has 0 aliphatic rings. The molecule has 0 spiro atoms. The van der Waals surface area contributed by atoms with Gasteiger partial charge in [-0.15, -0.1) is 0 Å². The monoisotopic (exact) mass is 321 g/mol. The summed E-state index contributed by atoms with van der Waals surface area (Å²) in [7, 11) is 1.56. The van der Waals surface area contributed by atoms with Gasteiger partial charge in [-0.1, -0.05) is 12.1 Å². The summed E-state index contributed by atoms with van der Waals surface area (Å²) in [4.78, 5) is 23.4. The van der Waals surface area contributed by atoms with E-state index in [1.807, 2.05) is 18.2 Å². The fourth-order valence-electron chi connectivity index (χ4n) is 1.69. The lowest BCUT2D eigenvalue weighted by Gasteiger charge is -2.11. The molecular weight excluding hydrogens is 298 g/mol.